The summed E-state index contributed by atoms with van der Waals surface area (Å²) < 4.78 is 0. The number of nitrogens with one attached hydrogen (secondary N) is 1. The first-order valence-electron chi connectivity index (χ1n) is 7.00. The van der Waals surface area contributed by atoms with Crippen molar-refractivity contribution >= 4 is 0 Å². The summed E-state index contributed by atoms with van der Waals surface area (Å²) in [6.45, 7) is 5.82. The second-order valence-corrected chi connectivity index (χ2v) is 5.68. The van der Waals surface area contributed by atoms with Gasteiger partial charge in [0.25, 0.3) is 0 Å². The van der Waals surface area contributed by atoms with Crippen molar-refractivity contribution in [1.29, 1.82) is 0 Å². The number of phenolic OH excluding ortho intramolecular Hbond substituents is 1. The molecule has 0 aromatic heterocycles. The van der Waals surface area contributed by atoms with E-state index in [0.29, 0.717) is 17.8 Å². The molecule has 2 heterocycles. The highest BCUT2D eigenvalue weighted by Gasteiger charge is 2.36. The number of hydrogen-bond donors (Lipinski definition) is 2. The fraction of sp³-hybridized carbons (Fsp3) is 0.600. The van der Waals surface area contributed by atoms with E-state index in [1.807, 2.05) is 12.1 Å². The predicted molar refractivity (Wildman–Crippen MR) is 72.6 cm³/mol. The lowest BCUT2D eigenvalue weighted by atomic mass is 9.94. The topological polar surface area (TPSA) is 35.5 Å². The maximum Gasteiger partial charge on any atom is 0.115 e. The lowest BCUT2D eigenvalue weighted by molar-refractivity contribution is 0.250. The van der Waals surface area contributed by atoms with Gasteiger partial charge in [0, 0.05) is 25.2 Å². The van der Waals surface area contributed by atoms with Crippen LogP contribution >= 0.6 is 0 Å². The zero-order valence-electron chi connectivity index (χ0n) is 11.0. The van der Waals surface area contributed by atoms with Gasteiger partial charge in [0.05, 0.1) is 0 Å². The van der Waals surface area contributed by atoms with E-state index < -0.39 is 0 Å². The molecule has 3 atom stereocenters. The third-order valence-electron chi connectivity index (χ3n) is 4.55. The zero-order chi connectivity index (χ0) is 12.5. The van der Waals surface area contributed by atoms with Crippen LogP contribution in [0.15, 0.2) is 24.3 Å². The molecule has 3 rings (SSSR count). The number of hydrogen-bond acceptors (Lipinski definition) is 3. The molecule has 0 aliphatic carbocycles. The van der Waals surface area contributed by atoms with Crippen LogP contribution in [0.5, 0.6) is 5.75 Å². The Morgan fingerprint density at radius 1 is 1.28 bits per heavy atom. The fourth-order valence-corrected chi connectivity index (χ4v) is 3.36. The Morgan fingerprint density at radius 2 is 2.06 bits per heavy atom. The Morgan fingerprint density at radius 3 is 2.78 bits per heavy atom. The third-order valence-corrected chi connectivity index (χ3v) is 4.55. The highest BCUT2D eigenvalue weighted by atomic mass is 16.3. The molecular formula is C15H22N2O. The van der Waals surface area contributed by atoms with Crippen molar-refractivity contribution in [2.75, 3.05) is 19.6 Å². The van der Waals surface area contributed by atoms with Crippen LogP contribution in [0, 0.1) is 5.92 Å². The normalized spacial score (nSPS) is 30.1. The molecule has 0 spiro atoms. The molecule has 3 heteroatoms. The number of likely N-dealkylation sites (tertiary alicyclic amines) is 1. The summed E-state index contributed by atoms with van der Waals surface area (Å²) in [5, 5.41) is 13.0. The Balaban J connectivity index is 1.70. The summed E-state index contributed by atoms with van der Waals surface area (Å²) >= 11 is 0. The second-order valence-electron chi connectivity index (χ2n) is 5.68. The summed E-state index contributed by atoms with van der Waals surface area (Å²) in [4.78, 5) is 2.57. The van der Waals surface area contributed by atoms with Crippen molar-refractivity contribution in [2.24, 2.45) is 5.92 Å². The molecule has 2 N–H and O–H groups in total. The molecule has 2 saturated heterocycles. The minimum Gasteiger partial charge on any atom is -0.508 e. The van der Waals surface area contributed by atoms with Crippen molar-refractivity contribution in [3.05, 3.63) is 29.8 Å². The standard InChI is InChI=1S/C15H22N2O/c1-11(12-4-6-14(18)7-5-12)17-9-13-3-2-8-16-15(13)10-17/h4-7,11,13,15-16,18H,2-3,8-10H2,1H3. The van der Waals surface area contributed by atoms with E-state index in [9.17, 15) is 5.11 Å². The van der Waals surface area contributed by atoms with Crippen LogP contribution < -0.4 is 5.32 Å². The van der Waals surface area contributed by atoms with Crippen molar-refractivity contribution in [3.8, 4) is 5.75 Å². The first-order valence-corrected chi connectivity index (χ1v) is 7.00. The maximum atomic E-state index is 9.35. The predicted octanol–water partition coefficient (Wildman–Crippen LogP) is 2.14. The molecule has 2 aliphatic heterocycles. The second kappa shape index (κ2) is 4.90. The number of fused-ring (bicyclic) bond motifs is 1. The van der Waals surface area contributed by atoms with Crippen molar-refractivity contribution in [3.63, 3.8) is 0 Å². The van der Waals surface area contributed by atoms with Gasteiger partial charge in [-0.15, -0.1) is 0 Å². The molecule has 1 aromatic carbocycles. The van der Waals surface area contributed by atoms with Crippen molar-refractivity contribution in [1.82, 2.24) is 10.2 Å². The van der Waals surface area contributed by atoms with Gasteiger partial charge in [-0.3, -0.25) is 4.90 Å². The number of phenols is 1. The van der Waals surface area contributed by atoms with E-state index in [2.05, 4.69) is 17.1 Å². The van der Waals surface area contributed by atoms with E-state index in [4.69, 9.17) is 0 Å². The highest BCUT2D eigenvalue weighted by Crippen LogP contribution is 2.31. The Kier molecular flexibility index (Phi) is 3.27. The summed E-state index contributed by atoms with van der Waals surface area (Å²) in [6, 6.07) is 8.78. The van der Waals surface area contributed by atoms with Gasteiger partial charge in [0.15, 0.2) is 0 Å². The fourth-order valence-electron chi connectivity index (χ4n) is 3.36. The van der Waals surface area contributed by atoms with Crippen LogP contribution in [0.3, 0.4) is 0 Å². The summed E-state index contributed by atoms with van der Waals surface area (Å²) in [7, 11) is 0. The van der Waals surface area contributed by atoms with Gasteiger partial charge in [0.2, 0.25) is 0 Å². The molecule has 1 aromatic rings. The average Bonchev–Trinajstić information content (AvgIpc) is 2.82. The van der Waals surface area contributed by atoms with Crippen LogP contribution in [0.2, 0.25) is 0 Å². The minimum atomic E-state index is 0.350. The van der Waals surface area contributed by atoms with E-state index in [1.165, 1.54) is 31.5 Å². The van der Waals surface area contributed by atoms with Crippen LogP contribution in [0.25, 0.3) is 0 Å². The molecule has 0 radical (unpaired) electrons. The number of nitrogens with zero attached hydrogens (tertiary/aromatic N) is 1. The Bertz CT molecular complexity index is 389. The van der Waals surface area contributed by atoms with Crippen LogP contribution in [-0.2, 0) is 0 Å². The maximum absolute atomic E-state index is 9.35. The van der Waals surface area contributed by atoms with Crippen LogP contribution in [-0.4, -0.2) is 35.7 Å². The van der Waals surface area contributed by atoms with E-state index in [0.717, 1.165) is 12.5 Å². The van der Waals surface area contributed by atoms with Gasteiger partial charge in [-0.1, -0.05) is 12.1 Å². The first kappa shape index (κ1) is 12.0. The SMILES string of the molecule is CC(c1ccc(O)cc1)N1CC2CCCNC2C1. The monoisotopic (exact) mass is 246 g/mol. The number of piperidine rings is 1. The summed E-state index contributed by atoms with van der Waals surface area (Å²) in [5.74, 6) is 1.18. The van der Waals surface area contributed by atoms with Crippen molar-refractivity contribution in [2.45, 2.75) is 31.8 Å². The molecule has 18 heavy (non-hydrogen) atoms. The third kappa shape index (κ3) is 2.25. The molecule has 0 bridgehead atoms. The molecule has 0 amide bonds. The summed E-state index contributed by atoms with van der Waals surface area (Å²) in [6.07, 6.45) is 2.69. The summed E-state index contributed by atoms with van der Waals surface area (Å²) in [5.41, 5.74) is 1.30. The Labute approximate surface area is 109 Å². The number of rotatable bonds is 2. The molecule has 2 fully saturated rings. The van der Waals surface area contributed by atoms with Gasteiger partial charge in [0.1, 0.15) is 5.75 Å². The lowest BCUT2D eigenvalue weighted by Gasteiger charge is -2.25. The van der Waals surface area contributed by atoms with Gasteiger partial charge < -0.3 is 10.4 Å². The van der Waals surface area contributed by atoms with E-state index in [1.54, 1.807) is 12.1 Å². The van der Waals surface area contributed by atoms with Gasteiger partial charge in [-0.25, -0.2) is 0 Å². The molecule has 2 aliphatic rings. The lowest BCUT2D eigenvalue weighted by Crippen LogP contribution is -2.40. The van der Waals surface area contributed by atoms with Gasteiger partial charge in [-0.2, -0.15) is 0 Å². The van der Waals surface area contributed by atoms with Crippen LogP contribution in [0.1, 0.15) is 31.4 Å². The highest BCUT2D eigenvalue weighted by molar-refractivity contribution is 5.28. The van der Waals surface area contributed by atoms with Crippen LogP contribution in [0.4, 0.5) is 0 Å². The largest absolute Gasteiger partial charge is 0.508 e. The zero-order valence-corrected chi connectivity index (χ0v) is 11.0. The van der Waals surface area contributed by atoms with Gasteiger partial charge >= 0.3 is 0 Å². The molecule has 3 unspecified atom stereocenters. The molecule has 98 valence electrons. The molecule has 3 nitrogen and oxygen atoms in total. The van der Waals surface area contributed by atoms with E-state index >= 15 is 0 Å². The molecular weight excluding hydrogens is 224 g/mol. The number of benzene rings is 1. The smallest absolute Gasteiger partial charge is 0.115 e. The first-order chi connectivity index (χ1) is 8.74. The average molecular weight is 246 g/mol. The minimum absolute atomic E-state index is 0.350. The molecule has 0 saturated carbocycles. The van der Waals surface area contributed by atoms with Crippen molar-refractivity contribution < 1.29 is 5.11 Å². The quantitative estimate of drug-likeness (QED) is 0.839. The van der Waals surface area contributed by atoms with Gasteiger partial charge in [-0.05, 0) is 49.9 Å². The Hall–Kier alpha value is -1.06. The number of aromatic hydroxyl groups is 1. The van der Waals surface area contributed by atoms with E-state index in [-0.39, 0.29) is 0 Å².